The molecule has 1 fully saturated rings. The number of aliphatic carboxylic acids is 1. The zero-order valence-corrected chi connectivity index (χ0v) is 15.1. The Morgan fingerprint density at radius 2 is 1.92 bits per heavy atom. The number of nitrogens with one attached hydrogen (secondary N) is 1. The van der Waals surface area contributed by atoms with E-state index >= 15 is 0 Å². The molecule has 6 nitrogen and oxygen atoms in total. The van der Waals surface area contributed by atoms with Crippen LogP contribution in [0.3, 0.4) is 0 Å². The summed E-state index contributed by atoms with van der Waals surface area (Å²) in [5.74, 6) is -1.61. The molecule has 1 aromatic rings. The largest absolute Gasteiger partial charge is 0.481 e. The number of likely N-dealkylation sites (tertiary alicyclic amines) is 1. The molecule has 1 heterocycles. The molecule has 136 valence electrons. The van der Waals surface area contributed by atoms with Crippen molar-refractivity contribution in [2.24, 2.45) is 5.92 Å². The summed E-state index contributed by atoms with van der Waals surface area (Å²) in [5, 5.41) is 12.3. The molecule has 2 unspecified atom stereocenters. The first kappa shape index (κ1) is 19.2. The quantitative estimate of drug-likeness (QED) is 0.810. The number of carbonyl (C=O) groups is 3. The van der Waals surface area contributed by atoms with Gasteiger partial charge < -0.3 is 15.3 Å². The lowest BCUT2D eigenvalue weighted by Gasteiger charge is -2.30. The molecule has 2 amide bonds. The molecule has 0 aromatic heterocycles. The van der Waals surface area contributed by atoms with Gasteiger partial charge in [0, 0.05) is 23.2 Å². The van der Waals surface area contributed by atoms with Crippen LogP contribution in [-0.2, 0) is 9.59 Å². The van der Waals surface area contributed by atoms with Crippen molar-refractivity contribution in [3.05, 3.63) is 34.9 Å². The first-order valence-electron chi connectivity index (χ1n) is 8.38. The molecular formula is C18H23ClN2O4. The van der Waals surface area contributed by atoms with Gasteiger partial charge in [-0.25, -0.2) is 0 Å². The number of carboxylic acid groups (broad SMARTS) is 1. The van der Waals surface area contributed by atoms with E-state index in [0.29, 0.717) is 23.6 Å². The smallest absolute Gasteiger partial charge is 0.305 e. The lowest BCUT2D eigenvalue weighted by Crippen LogP contribution is -2.52. The molecule has 25 heavy (non-hydrogen) atoms. The zero-order valence-electron chi connectivity index (χ0n) is 14.4. The van der Waals surface area contributed by atoms with Crippen LogP contribution in [0.25, 0.3) is 0 Å². The molecule has 2 N–H and O–H groups in total. The van der Waals surface area contributed by atoms with Crippen molar-refractivity contribution in [2.45, 2.75) is 45.2 Å². The highest BCUT2D eigenvalue weighted by molar-refractivity contribution is 6.30. The van der Waals surface area contributed by atoms with Gasteiger partial charge in [-0.15, -0.1) is 0 Å². The van der Waals surface area contributed by atoms with Gasteiger partial charge in [0.2, 0.25) is 5.91 Å². The fourth-order valence-electron chi connectivity index (χ4n) is 3.06. The van der Waals surface area contributed by atoms with E-state index in [4.69, 9.17) is 16.7 Å². The standard InChI is InChI=1S/C18H23ClN2O4/c1-11(2)16(20-17(24)12-5-7-13(19)8-6-12)18(25)21-9-3-4-14(21)10-15(22)23/h5-8,11,14,16H,3-4,9-10H2,1-2H3,(H,20,24)(H,22,23). The topological polar surface area (TPSA) is 86.7 Å². The van der Waals surface area contributed by atoms with Gasteiger partial charge in [0.1, 0.15) is 6.04 Å². The van der Waals surface area contributed by atoms with Gasteiger partial charge >= 0.3 is 5.97 Å². The van der Waals surface area contributed by atoms with E-state index in [2.05, 4.69) is 5.32 Å². The SMILES string of the molecule is CC(C)C(NC(=O)c1ccc(Cl)cc1)C(=O)N1CCCC1CC(=O)O. The van der Waals surface area contributed by atoms with E-state index in [9.17, 15) is 14.4 Å². The molecule has 7 heteroatoms. The minimum atomic E-state index is -0.920. The average Bonchev–Trinajstić information content (AvgIpc) is 2.99. The Kier molecular flexibility index (Phi) is 6.42. The Labute approximate surface area is 152 Å². The van der Waals surface area contributed by atoms with Crippen molar-refractivity contribution < 1.29 is 19.5 Å². The fraction of sp³-hybridized carbons (Fsp3) is 0.500. The number of benzene rings is 1. The Balaban J connectivity index is 2.11. The van der Waals surface area contributed by atoms with Crippen LogP contribution in [-0.4, -0.2) is 46.4 Å². The third-order valence-corrected chi connectivity index (χ3v) is 4.65. The third-order valence-electron chi connectivity index (χ3n) is 4.40. The van der Waals surface area contributed by atoms with Crippen molar-refractivity contribution >= 4 is 29.4 Å². The maximum atomic E-state index is 12.9. The fourth-order valence-corrected chi connectivity index (χ4v) is 3.18. The Morgan fingerprint density at radius 1 is 1.28 bits per heavy atom. The van der Waals surface area contributed by atoms with Crippen LogP contribution < -0.4 is 5.32 Å². The second-order valence-corrected chi connectivity index (χ2v) is 7.06. The van der Waals surface area contributed by atoms with Crippen LogP contribution >= 0.6 is 11.6 Å². The Bertz CT molecular complexity index is 645. The maximum absolute atomic E-state index is 12.9. The van der Waals surface area contributed by atoms with E-state index in [1.54, 1.807) is 29.2 Å². The van der Waals surface area contributed by atoms with Crippen molar-refractivity contribution in [3.8, 4) is 0 Å². The summed E-state index contributed by atoms with van der Waals surface area (Å²) >= 11 is 5.83. The molecule has 2 rings (SSSR count). The summed E-state index contributed by atoms with van der Waals surface area (Å²) in [6, 6.07) is 5.43. The Hall–Kier alpha value is -2.08. The highest BCUT2D eigenvalue weighted by atomic mass is 35.5. The lowest BCUT2D eigenvalue weighted by molar-refractivity contribution is -0.140. The second-order valence-electron chi connectivity index (χ2n) is 6.63. The number of hydrogen-bond donors (Lipinski definition) is 2. The number of carbonyl (C=O) groups excluding carboxylic acids is 2. The number of carboxylic acids is 1. The number of nitrogens with zero attached hydrogens (tertiary/aromatic N) is 1. The normalized spacial score (nSPS) is 18.2. The van der Waals surface area contributed by atoms with Crippen molar-refractivity contribution in [1.82, 2.24) is 10.2 Å². The Morgan fingerprint density at radius 3 is 2.48 bits per heavy atom. The van der Waals surface area contributed by atoms with Crippen LogP contribution in [0.1, 0.15) is 43.5 Å². The third kappa shape index (κ3) is 4.95. The van der Waals surface area contributed by atoms with E-state index in [-0.39, 0.29) is 30.2 Å². The van der Waals surface area contributed by atoms with Crippen LogP contribution in [0.2, 0.25) is 5.02 Å². The zero-order chi connectivity index (χ0) is 18.6. The molecule has 0 saturated carbocycles. The summed E-state index contributed by atoms with van der Waals surface area (Å²) in [6.07, 6.45) is 1.38. The average molecular weight is 367 g/mol. The summed E-state index contributed by atoms with van der Waals surface area (Å²) in [4.78, 5) is 37.9. The number of rotatable bonds is 6. The summed E-state index contributed by atoms with van der Waals surface area (Å²) < 4.78 is 0. The monoisotopic (exact) mass is 366 g/mol. The first-order valence-corrected chi connectivity index (χ1v) is 8.76. The van der Waals surface area contributed by atoms with E-state index in [1.165, 1.54) is 0 Å². The highest BCUT2D eigenvalue weighted by Gasteiger charge is 2.36. The predicted molar refractivity (Wildman–Crippen MR) is 94.5 cm³/mol. The summed E-state index contributed by atoms with van der Waals surface area (Å²) in [6.45, 7) is 4.23. The van der Waals surface area contributed by atoms with Gasteiger partial charge in [0.15, 0.2) is 0 Å². The van der Waals surface area contributed by atoms with Crippen molar-refractivity contribution in [3.63, 3.8) is 0 Å². The summed E-state index contributed by atoms with van der Waals surface area (Å²) in [5.41, 5.74) is 0.423. The van der Waals surface area contributed by atoms with Crippen LogP contribution in [0.15, 0.2) is 24.3 Å². The molecule has 0 aliphatic carbocycles. The molecule has 0 bridgehead atoms. The molecule has 0 spiro atoms. The minimum Gasteiger partial charge on any atom is -0.481 e. The van der Waals surface area contributed by atoms with E-state index in [1.807, 2.05) is 13.8 Å². The molecule has 1 aromatic carbocycles. The number of halogens is 1. The number of hydrogen-bond acceptors (Lipinski definition) is 3. The summed E-state index contributed by atoms with van der Waals surface area (Å²) in [7, 11) is 0. The second kappa shape index (κ2) is 8.34. The maximum Gasteiger partial charge on any atom is 0.305 e. The molecule has 1 aliphatic heterocycles. The van der Waals surface area contributed by atoms with Gasteiger partial charge in [-0.05, 0) is 43.0 Å². The first-order chi connectivity index (χ1) is 11.8. The van der Waals surface area contributed by atoms with E-state index in [0.717, 1.165) is 6.42 Å². The van der Waals surface area contributed by atoms with Gasteiger partial charge in [-0.2, -0.15) is 0 Å². The minimum absolute atomic E-state index is 0.0678. The predicted octanol–water partition coefficient (Wildman–Crippen LogP) is 2.56. The van der Waals surface area contributed by atoms with E-state index < -0.39 is 12.0 Å². The van der Waals surface area contributed by atoms with Gasteiger partial charge in [-0.1, -0.05) is 25.4 Å². The van der Waals surface area contributed by atoms with Gasteiger partial charge in [0.25, 0.3) is 5.91 Å². The molecule has 0 radical (unpaired) electrons. The van der Waals surface area contributed by atoms with Gasteiger partial charge in [-0.3, -0.25) is 14.4 Å². The van der Waals surface area contributed by atoms with Crippen molar-refractivity contribution in [2.75, 3.05) is 6.54 Å². The lowest BCUT2D eigenvalue weighted by atomic mass is 10.0. The van der Waals surface area contributed by atoms with Crippen molar-refractivity contribution in [1.29, 1.82) is 0 Å². The molecule has 1 saturated heterocycles. The van der Waals surface area contributed by atoms with Crippen LogP contribution in [0.4, 0.5) is 0 Å². The number of amides is 2. The van der Waals surface area contributed by atoms with Crippen LogP contribution in [0.5, 0.6) is 0 Å². The van der Waals surface area contributed by atoms with Gasteiger partial charge in [0.05, 0.1) is 6.42 Å². The molecule has 1 aliphatic rings. The molecule has 2 atom stereocenters. The highest BCUT2D eigenvalue weighted by Crippen LogP contribution is 2.22. The van der Waals surface area contributed by atoms with Crippen LogP contribution in [0, 0.1) is 5.92 Å². The molecular weight excluding hydrogens is 344 g/mol.